The number of para-hydroxylation sites is 1. The molecule has 94 valence electrons. The Morgan fingerprint density at radius 2 is 2.06 bits per heavy atom. The standard InChI is InChI=1S/C9H12N2O5S/c1-16-9(13)11-17(14,15)10-8-5-3-2-4-7(8)6-12/h2-5,10,12H,6H2,1H3,(H,11,13). The second-order valence-corrected chi connectivity index (χ2v) is 4.43. The van der Waals surface area contributed by atoms with Crippen molar-refractivity contribution in [3.63, 3.8) is 0 Å². The van der Waals surface area contributed by atoms with E-state index >= 15 is 0 Å². The van der Waals surface area contributed by atoms with Crippen LogP contribution in [0.1, 0.15) is 5.56 Å². The summed E-state index contributed by atoms with van der Waals surface area (Å²) >= 11 is 0. The van der Waals surface area contributed by atoms with Crippen molar-refractivity contribution in [2.45, 2.75) is 6.61 Å². The molecular formula is C9H12N2O5S. The van der Waals surface area contributed by atoms with Gasteiger partial charge in [-0.2, -0.15) is 8.42 Å². The number of hydrogen-bond acceptors (Lipinski definition) is 5. The highest BCUT2D eigenvalue weighted by molar-refractivity contribution is 7.91. The third-order valence-electron chi connectivity index (χ3n) is 1.84. The fourth-order valence-electron chi connectivity index (χ4n) is 1.08. The average Bonchev–Trinajstić information content (AvgIpc) is 2.28. The molecule has 7 nitrogen and oxygen atoms in total. The van der Waals surface area contributed by atoms with E-state index in [9.17, 15) is 13.2 Å². The molecule has 0 aliphatic rings. The molecule has 0 aliphatic heterocycles. The van der Waals surface area contributed by atoms with Crippen LogP contribution in [-0.2, 0) is 21.6 Å². The Morgan fingerprint density at radius 3 is 2.65 bits per heavy atom. The van der Waals surface area contributed by atoms with Crippen LogP contribution in [0, 0.1) is 0 Å². The molecule has 3 N–H and O–H groups in total. The summed E-state index contributed by atoms with van der Waals surface area (Å²) in [6.45, 7) is -0.323. The van der Waals surface area contributed by atoms with Crippen LogP contribution in [0.25, 0.3) is 0 Å². The molecule has 0 bridgehead atoms. The lowest BCUT2D eigenvalue weighted by Gasteiger charge is -2.11. The number of amides is 1. The van der Waals surface area contributed by atoms with Crippen molar-refractivity contribution in [3.05, 3.63) is 29.8 Å². The number of aliphatic hydroxyl groups excluding tert-OH is 1. The van der Waals surface area contributed by atoms with Crippen LogP contribution in [0.15, 0.2) is 24.3 Å². The first-order valence-corrected chi connectivity index (χ1v) is 6.04. The molecule has 0 saturated carbocycles. The van der Waals surface area contributed by atoms with E-state index in [2.05, 4.69) is 9.46 Å². The van der Waals surface area contributed by atoms with Gasteiger partial charge in [-0.25, -0.2) is 9.52 Å². The number of aliphatic hydroxyl groups is 1. The molecule has 0 atom stereocenters. The average molecular weight is 260 g/mol. The second-order valence-electron chi connectivity index (χ2n) is 3.01. The zero-order chi connectivity index (χ0) is 12.9. The fourth-order valence-corrected chi connectivity index (χ4v) is 1.92. The lowest BCUT2D eigenvalue weighted by molar-refractivity contribution is 0.177. The van der Waals surface area contributed by atoms with E-state index in [1.165, 1.54) is 6.07 Å². The van der Waals surface area contributed by atoms with Crippen LogP contribution in [-0.4, -0.2) is 26.7 Å². The van der Waals surface area contributed by atoms with Gasteiger partial charge in [0, 0.05) is 5.56 Å². The van der Waals surface area contributed by atoms with E-state index in [0.29, 0.717) is 5.56 Å². The number of nitrogens with one attached hydrogen (secondary N) is 2. The summed E-state index contributed by atoms with van der Waals surface area (Å²) in [5, 5.41) is 9.00. The van der Waals surface area contributed by atoms with E-state index in [1.54, 1.807) is 22.9 Å². The smallest absolute Gasteiger partial charge is 0.422 e. The molecule has 8 heteroatoms. The van der Waals surface area contributed by atoms with Crippen LogP contribution in [0.5, 0.6) is 0 Å². The normalized spacial score (nSPS) is 10.7. The second kappa shape index (κ2) is 5.51. The predicted octanol–water partition coefficient (Wildman–Crippen LogP) is 0.192. The first-order valence-electron chi connectivity index (χ1n) is 4.56. The number of carbonyl (C=O) groups excluding carboxylic acids is 1. The van der Waals surface area contributed by atoms with Gasteiger partial charge in [-0.05, 0) is 6.07 Å². The Morgan fingerprint density at radius 1 is 1.41 bits per heavy atom. The first kappa shape index (κ1) is 13.3. The van der Waals surface area contributed by atoms with Gasteiger partial charge in [-0.3, -0.25) is 4.72 Å². The maximum Gasteiger partial charge on any atom is 0.422 e. The summed E-state index contributed by atoms with van der Waals surface area (Å²) in [4.78, 5) is 10.8. The molecule has 0 heterocycles. The quantitative estimate of drug-likeness (QED) is 0.717. The van der Waals surface area contributed by atoms with Gasteiger partial charge < -0.3 is 9.84 Å². The van der Waals surface area contributed by atoms with Crippen molar-refractivity contribution in [1.82, 2.24) is 4.72 Å². The highest BCUT2D eigenvalue weighted by atomic mass is 32.2. The number of carbonyl (C=O) groups is 1. The van der Waals surface area contributed by atoms with Gasteiger partial charge >= 0.3 is 16.3 Å². The van der Waals surface area contributed by atoms with Crippen molar-refractivity contribution in [2.75, 3.05) is 11.8 Å². The van der Waals surface area contributed by atoms with E-state index in [4.69, 9.17) is 5.11 Å². The van der Waals surface area contributed by atoms with E-state index < -0.39 is 16.3 Å². The third-order valence-corrected chi connectivity index (χ3v) is 2.76. The van der Waals surface area contributed by atoms with Crippen molar-refractivity contribution in [2.24, 2.45) is 0 Å². The molecule has 1 amide bonds. The lowest BCUT2D eigenvalue weighted by Crippen LogP contribution is -2.35. The monoisotopic (exact) mass is 260 g/mol. The van der Waals surface area contributed by atoms with Gasteiger partial charge in [0.15, 0.2) is 0 Å². The SMILES string of the molecule is COC(=O)NS(=O)(=O)Nc1ccccc1CO. The minimum atomic E-state index is -4.06. The van der Waals surface area contributed by atoms with Crippen molar-refractivity contribution >= 4 is 22.0 Å². The molecule has 0 radical (unpaired) electrons. The topological polar surface area (TPSA) is 105 Å². The summed E-state index contributed by atoms with van der Waals surface area (Å²) in [5.74, 6) is 0. The molecule has 0 spiro atoms. The fraction of sp³-hybridized carbons (Fsp3) is 0.222. The van der Waals surface area contributed by atoms with Gasteiger partial charge in [0.1, 0.15) is 0 Å². The van der Waals surface area contributed by atoms with Crippen molar-refractivity contribution < 1.29 is 23.1 Å². The van der Waals surface area contributed by atoms with Crippen LogP contribution < -0.4 is 9.44 Å². The van der Waals surface area contributed by atoms with Crippen LogP contribution in [0.3, 0.4) is 0 Å². The Bertz CT molecular complexity index is 500. The zero-order valence-electron chi connectivity index (χ0n) is 9.00. The Balaban J connectivity index is 2.86. The van der Waals surface area contributed by atoms with Crippen LogP contribution in [0.2, 0.25) is 0 Å². The molecular weight excluding hydrogens is 248 g/mol. The van der Waals surface area contributed by atoms with Crippen molar-refractivity contribution in [3.8, 4) is 0 Å². The molecule has 1 aromatic rings. The van der Waals surface area contributed by atoms with E-state index in [1.807, 2.05) is 0 Å². The molecule has 0 aromatic heterocycles. The van der Waals surface area contributed by atoms with Gasteiger partial charge in [0.05, 0.1) is 19.4 Å². The third kappa shape index (κ3) is 3.93. The van der Waals surface area contributed by atoms with Gasteiger partial charge in [-0.1, -0.05) is 18.2 Å². The molecule has 1 aromatic carbocycles. The number of methoxy groups -OCH3 is 1. The summed E-state index contributed by atoms with van der Waals surface area (Å²) in [6, 6.07) is 6.25. The number of ether oxygens (including phenoxy) is 1. The maximum absolute atomic E-state index is 11.4. The minimum Gasteiger partial charge on any atom is -0.452 e. The summed E-state index contributed by atoms with van der Waals surface area (Å²) < 4.78 is 30.8. The Labute approximate surface area is 98.6 Å². The molecule has 0 unspecified atom stereocenters. The summed E-state index contributed by atoms with van der Waals surface area (Å²) in [7, 11) is -3.02. The number of hydrogen-bond donors (Lipinski definition) is 3. The molecule has 17 heavy (non-hydrogen) atoms. The van der Waals surface area contributed by atoms with Crippen LogP contribution >= 0.6 is 0 Å². The number of rotatable bonds is 4. The number of benzene rings is 1. The Kier molecular flexibility index (Phi) is 4.30. The highest BCUT2D eigenvalue weighted by Crippen LogP contribution is 2.15. The van der Waals surface area contributed by atoms with Gasteiger partial charge in [-0.15, -0.1) is 0 Å². The Hall–Kier alpha value is -1.80. The minimum absolute atomic E-state index is 0.186. The first-order chi connectivity index (χ1) is 7.98. The van der Waals surface area contributed by atoms with E-state index in [-0.39, 0.29) is 12.3 Å². The van der Waals surface area contributed by atoms with Crippen molar-refractivity contribution in [1.29, 1.82) is 0 Å². The van der Waals surface area contributed by atoms with Crippen LogP contribution in [0.4, 0.5) is 10.5 Å². The lowest BCUT2D eigenvalue weighted by atomic mass is 10.2. The largest absolute Gasteiger partial charge is 0.452 e. The summed E-state index contributed by atoms with van der Waals surface area (Å²) in [5.41, 5.74) is 0.578. The van der Waals surface area contributed by atoms with E-state index in [0.717, 1.165) is 7.11 Å². The molecule has 0 fully saturated rings. The predicted molar refractivity (Wildman–Crippen MR) is 60.4 cm³/mol. The van der Waals surface area contributed by atoms with Gasteiger partial charge in [0.2, 0.25) is 0 Å². The number of anilines is 1. The summed E-state index contributed by atoms with van der Waals surface area (Å²) in [6.07, 6.45) is -1.10. The molecule has 1 rings (SSSR count). The van der Waals surface area contributed by atoms with Gasteiger partial charge in [0.25, 0.3) is 0 Å². The maximum atomic E-state index is 11.4. The highest BCUT2D eigenvalue weighted by Gasteiger charge is 2.15. The zero-order valence-corrected chi connectivity index (χ0v) is 9.82. The molecule has 0 saturated heterocycles. The molecule has 0 aliphatic carbocycles.